The highest BCUT2D eigenvalue weighted by Crippen LogP contribution is 2.36. The van der Waals surface area contributed by atoms with E-state index in [-0.39, 0.29) is 11.7 Å². The molecule has 0 aromatic heterocycles. The first-order chi connectivity index (χ1) is 8.12. The Kier molecular flexibility index (Phi) is 5.25. The molecule has 3 atom stereocenters. The first kappa shape index (κ1) is 16.0. The summed E-state index contributed by atoms with van der Waals surface area (Å²) in [6.07, 6.45) is 4.93. The Morgan fingerprint density at radius 1 is 1.00 bits per heavy atom. The van der Waals surface area contributed by atoms with Crippen molar-refractivity contribution in [2.24, 2.45) is 10.8 Å². The lowest BCUT2D eigenvalue weighted by molar-refractivity contribution is -0.267. The van der Waals surface area contributed by atoms with Gasteiger partial charge in [0.1, 0.15) is 0 Å². The van der Waals surface area contributed by atoms with Gasteiger partial charge in [-0.2, -0.15) is 0 Å². The first-order valence-corrected chi connectivity index (χ1v) is 7.43. The van der Waals surface area contributed by atoms with Gasteiger partial charge < -0.3 is 9.47 Å². The van der Waals surface area contributed by atoms with Crippen LogP contribution in [0.4, 0.5) is 0 Å². The monoisotopic (exact) mass is 256 g/mol. The third-order valence-corrected chi connectivity index (χ3v) is 3.47. The van der Waals surface area contributed by atoms with Crippen molar-refractivity contribution >= 4 is 0 Å². The summed E-state index contributed by atoms with van der Waals surface area (Å²) in [5.41, 5.74) is 0.521. The molecule has 1 aliphatic rings. The van der Waals surface area contributed by atoms with Gasteiger partial charge in [0.2, 0.25) is 0 Å². The van der Waals surface area contributed by atoms with Gasteiger partial charge in [-0.3, -0.25) is 0 Å². The molecular formula is C16H32O2. The Morgan fingerprint density at radius 2 is 1.61 bits per heavy atom. The van der Waals surface area contributed by atoms with Gasteiger partial charge in [0, 0.05) is 6.42 Å². The van der Waals surface area contributed by atoms with E-state index >= 15 is 0 Å². The largest absolute Gasteiger partial charge is 0.349 e. The molecule has 2 nitrogen and oxygen atoms in total. The van der Waals surface area contributed by atoms with Crippen molar-refractivity contribution in [3.63, 3.8) is 0 Å². The molecule has 0 aromatic rings. The summed E-state index contributed by atoms with van der Waals surface area (Å²) in [4.78, 5) is 0. The SMILES string of the molecule is CCCC1OC(CC(C)(C)C)CC(C(C)(C)C)O1. The second-order valence-corrected chi connectivity index (χ2v) is 7.97. The molecule has 0 aromatic carbocycles. The molecule has 3 unspecified atom stereocenters. The Morgan fingerprint density at radius 3 is 2.06 bits per heavy atom. The van der Waals surface area contributed by atoms with Gasteiger partial charge in [-0.25, -0.2) is 0 Å². The molecule has 0 N–H and O–H groups in total. The molecule has 0 aliphatic carbocycles. The summed E-state index contributed by atoms with van der Waals surface area (Å²) in [7, 11) is 0. The van der Waals surface area contributed by atoms with Crippen LogP contribution in [0.25, 0.3) is 0 Å². The lowest BCUT2D eigenvalue weighted by Gasteiger charge is -2.43. The van der Waals surface area contributed by atoms with Crippen molar-refractivity contribution < 1.29 is 9.47 Å². The zero-order valence-electron chi connectivity index (χ0n) is 13.4. The van der Waals surface area contributed by atoms with Crippen molar-refractivity contribution in [1.82, 2.24) is 0 Å². The quantitative estimate of drug-likeness (QED) is 0.724. The summed E-state index contributed by atoms with van der Waals surface area (Å²) < 4.78 is 12.2. The number of rotatable bonds is 3. The number of hydrogen-bond donors (Lipinski definition) is 0. The molecule has 0 radical (unpaired) electrons. The van der Waals surface area contributed by atoms with Gasteiger partial charge in [-0.05, 0) is 23.7 Å². The Bertz CT molecular complexity index is 247. The van der Waals surface area contributed by atoms with Crippen molar-refractivity contribution in [3.8, 4) is 0 Å². The third-order valence-electron chi connectivity index (χ3n) is 3.47. The summed E-state index contributed by atoms with van der Waals surface area (Å²) in [6, 6.07) is 0. The van der Waals surface area contributed by atoms with Crippen LogP contribution in [0.2, 0.25) is 0 Å². The van der Waals surface area contributed by atoms with E-state index in [1.54, 1.807) is 0 Å². The fraction of sp³-hybridized carbons (Fsp3) is 1.00. The van der Waals surface area contributed by atoms with Gasteiger partial charge in [0.15, 0.2) is 6.29 Å². The molecule has 2 heteroatoms. The van der Waals surface area contributed by atoms with Crippen LogP contribution in [0.5, 0.6) is 0 Å². The highest BCUT2D eigenvalue weighted by atomic mass is 16.7. The summed E-state index contributed by atoms with van der Waals surface area (Å²) in [5, 5.41) is 0. The van der Waals surface area contributed by atoms with Crippen molar-refractivity contribution in [1.29, 1.82) is 0 Å². The van der Waals surface area contributed by atoms with E-state index in [0.717, 1.165) is 25.7 Å². The molecule has 1 fully saturated rings. The predicted molar refractivity (Wildman–Crippen MR) is 76.6 cm³/mol. The Hall–Kier alpha value is -0.0800. The lowest BCUT2D eigenvalue weighted by atomic mass is 9.81. The average molecular weight is 256 g/mol. The van der Waals surface area contributed by atoms with Crippen LogP contribution in [-0.4, -0.2) is 18.5 Å². The zero-order chi connectivity index (χ0) is 14.0. The maximum atomic E-state index is 6.11. The van der Waals surface area contributed by atoms with Gasteiger partial charge >= 0.3 is 0 Å². The number of hydrogen-bond acceptors (Lipinski definition) is 2. The van der Waals surface area contributed by atoms with E-state index in [4.69, 9.17) is 9.47 Å². The van der Waals surface area contributed by atoms with E-state index < -0.39 is 0 Å². The van der Waals surface area contributed by atoms with Crippen LogP contribution in [0.3, 0.4) is 0 Å². The molecule has 1 rings (SSSR count). The molecule has 0 saturated carbocycles. The van der Waals surface area contributed by atoms with Crippen LogP contribution in [0.1, 0.15) is 74.1 Å². The van der Waals surface area contributed by atoms with Crippen LogP contribution in [0.15, 0.2) is 0 Å². The molecule has 0 amide bonds. The zero-order valence-corrected chi connectivity index (χ0v) is 13.4. The molecule has 1 aliphatic heterocycles. The lowest BCUT2D eigenvalue weighted by Crippen LogP contribution is -2.45. The minimum absolute atomic E-state index is 0.000301. The Labute approximate surface area is 113 Å². The van der Waals surface area contributed by atoms with E-state index in [2.05, 4.69) is 48.5 Å². The average Bonchev–Trinajstić information content (AvgIpc) is 2.13. The van der Waals surface area contributed by atoms with Crippen LogP contribution in [0, 0.1) is 10.8 Å². The van der Waals surface area contributed by atoms with Crippen molar-refractivity contribution in [3.05, 3.63) is 0 Å². The fourth-order valence-corrected chi connectivity index (χ4v) is 2.52. The maximum Gasteiger partial charge on any atom is 0.158 e. The summed E-state index contributed by atoms with van der Waals surface area (Å²) in [5.74, 6) is 0. The van der Waals surface area contributed by atoms with E-state index in [9.17, 15) is 0 Å². The summed E-state index contributed by atoms with van der Waals surface area (Å²) in [6.45, 7) is 15.8. The topological polar surface area (TPSA) is 18.5 Å². The fourth-order valence-electron chi connectivity index (χ4n) is 2.52. The molecule has 0 bridgehead atoms. The van der Waals surface area contributed by atoms with Crippen LogP contribution >= 0.6 is 0 Å². The minimum atomic E-state index is 0.000301. The highest BCUT2D eigenvalue weighted by Gasteiger charge is 2.37. The second kappa shape index (κ2) is 5.92. The molecule has 1 heterocycles. The van der Waals surface area contributed by atoms with E-state index in [1.807, 2.05) is 0 Å². The molecule has 108 valence electrons. The minimum Gasteiger partial charge on any atom is -0.349 e. The maximum absolute atomic E-state index is 6.11. The van der Waals surface area contributed by atoms with Gasteiger partial charge in [-0.1, -0.05) is 54.9 Å². The van der Waals surface area contributed by atoms with Gasteiger partial charge in [0.25, 0.3) is 0 Å². The van der Waals surface area contributed by atoms with Crippen molar-refractivity contribution in [2.75, 3.05) is 0 Å². The summed E-state index contributed by atoms with van der Waals surface area (Å²) >= 11 is 0. The normalized spacial score (nSPS) is 30.5. The molecule has 1 saturated heterocycles. The third kappa shape index (κ3) is 5.27. The van der Waals surface area contributed by atoms with E-state index in [0.29, 0.717) is 17.6 Å². The standard InChI is InChI=1S/C16H32O2/c1-8-9-14-17-12(11-15(2,3)4)10-13(18-14)16(5,6)7/h12-14H,8-11H2,1-7H3. The van der Waals surface area contributed by atoms with Crippen molar-refractivity contribution in [2.45, 2.75) is 92.6 Å². The molecule has 0 spiro atoms. The predicted octanol–water partition coefficient (Wildman–Crippen LogP) is 4.77. The molecular weight excluding hydrogens is 224 g/mol. The number of ether oxygens (including phenoxy) is 2. The smallest absolute Gasteiger partial charge is 0.158 e. The highest BCUT2D eigenvalue weighted by molar-refractivity contribution is 4.83. The van der Waals surface area contributed by atoms with Gasteiger partial charge in [0.05, 0.1) is 12.2 Å². The molecule has 18 heavy (non-hydrogen) atoms. The van der Waals surface area contributed by atoms with Crippen LogP contribution in [-0.2, 0) is 9.47 Å². The van der Waals surface area contributed by atoms with Crippen LogP contribution < -0.4 is 0 Å². The van der Waals surface area contributed by atoms with E-state index in [1.165, 1.54) is 0 Å². The van der Waals surface area contributed by atoms with Gasteiger partial charge in [-0.15, -0.1) is 0 Å². The Balaban J connectivity index is 2.68. The second-order valence-electron chi connectivity index (χ2n) is 7.97. The first-order valence-electron chi connectivity index (χ1n) is 7.43.